The Kier molecular flexibility index (Phi) is 8.53. The number of carbonyl (C=O) groups is 1. The van der Waals surface area contributed by atoms with E-state index in [1.54, 1.807) is 19.2 Å². The Morgan fingerprint density at radius 2 is 1.46 bits per heavy atom. The molecule has 0 fully saturated rings. The lowest BCUT2D eigenvalue weighted by atomic mass is 10.1. The largest absolute Gasteiger partial charge is 0.493 e. The highest BCUT2D eigenvalue weighted by Gasteiger charge is 2.17. The van der Waals surface area contributed by atoms with Crippen LogP contribution in [0.1, 0.15) is 32.9 Å². The zero-order chi connectivity index (χ0) is 33.0. The van der Waals surface area contributed by atoms with E-state index in [1.807, 2.05) is 85.8 Å². The van der Waals surface area contributed by atoms with Crippen molar-refractivity contribution >= 4 is 27.8 Å². The Morgan fingerprint density at radius 3 is 2.25 bits per heavy atom. The number of ether oxygens (including phenoxy) is 4. The third-order valence-corrected chi connectivity index (χ3v) is 8.38. The number of aromatic nitrogens is 2. The number of methoxy groups -OCH3 is 2. The van der Waals surface area contributed by atoms with Gasteiger partial charge in [0.05, 0.1) is 25.3 Å². The average molecular weight is 639 g/mol. The molecule has 0 aliphatic heterocycles. The number of fused-ring (bicyclic) bond motifs is 3. The van der Waals surface area contributed by atoms with Crippen molar-refractivity contribution in [2.24, 2.45) is 0 Å². The van der Waals surface area contributed by atoms with Crippen LogP contribution < -0.4 is 14.2 Å². The number of nitrogens with zero attached hydrogens (tertiary/aromatic N) is 2. The summed E-state index contributed by atoms with van der Waals surface area (Å²) < 4.78 is 31.3. The highest BCUT2D eigenvalue weighted by Crippen LogP contribution is 2.37. The van der Waals surface area contributed by atoms with E-state index in [-0.39, 0.29) is 12.6 Å². The number of hydrogen-bond donors (Lipinski definition) is 0. The van der Waals surface area contributed by atoms with E-state index < -0.39 is 0 Å². The molecule has 0 unspecified atom stereocenters. The predicted molar refractivity (Wildman–Crippen MR) is 185 cm³/mol. The molecule has 0 saturated heterocycles. The molecule has 7 rings (SSSR count). The summed E-state index contributed by atoms with van der Waals surface area (Å²) >= 11 is 0. The summed E-state index contributed by atoms with van der Waals surface area (Å²) in [6.45, 7) is 3.12. The number of oxazole rings is 1. The van der Waals surface area contributed by atoms with E-state index in [0.29, 0.717) is 36.1 Å². The van der Waals surface area contributed by atoms with Crippen LogP contribution in [0.5, 0.6) is 17.2 Å². The highest BCUT2D eigenvalue weighted by atomic mass is 16.5. The molecule has 0 saturated carbocycles. The Bertz CT molecular complexity index is 2220. The summed E-state index contributed by atoms with van der Waals surface area (Å²) in [5.74, 6) is 2.99. The first-order valence-electron chi connectivity index (χ1n) is 15.6. The van der Waals surface area contributed by atoms with E-state index in [4.69, 9.17) is 23.4 Å². The van der Waals surface area contributed by atoms with Crippen molar-refractivity contribution in [3.63, 3.8) is 0 Å². The summed E-state index contributed by atoms with van der Waals surface area (Å²) in [6, 6.07) is 37.6. The van der Waals surface area contributed by atoms with Gasteiger partial charge in [0.25, 0.3) is 0 Å². The molecule has 7 aromatic rings. The van der Waals surface area contributed by atoms with E-state index in [0.717, 1.165) is 55.7 Å². The topological polar surface area (TPSA) is 85.0 Å². The molecule has 2 aromatic heterocycles. The van der Waals surface area contributed by atoms with Crippen molar-refractivity contribution in [2.75, 3.05) is 14.2 Å². The molecule has 0 bridgehead atoms. The highest BCUT2D eigenvalue weighted by molar-refractivity contribution is 6.11. The second-order valence-electron chi connectivity index (χ2n) is 11.4. The normalized spacial score (nSPS) is 11.1. The molecule has 0 aliphatic carbocycles. The number of para-hydroxylation sites is 1. The zero-order valence-corrected chi connectivity index (χ0v) is 26.9. The van der Waals surface area contributed by atoms with Gasteiger partial charge in [-0.3, -0.25) is 0 Å². The van der Waals surface area contributed by atoms with Crippen molar-refractivity contribution in [1.29, 1.82) is 0 Å². The lowest BCUT2D eigenvalue weighted by molar-refractivity contribution is 0.0600. The fourth-order valence-corrected chi connectivity index (χ4v) is 5.90. The van der Waals surface area contributed by atoms with Gasteiger partial charge in [-0.25, -0.2) is 9.78 Å². The molecule has 8 nitrogen and oxygen atoms in total. The monoisotopic (exact) mass is 638 g/mol. The van der Waals surface area contributed by atoms with Crippen LogP contribution in [0.3, 0.4) is 0 Å². The lowest BCUT2D eigenvalue weighted by Gasteiger charge is -2.13. The van der Waals surface area contributed by atoms with Gasteiger partial charge in [0.15, 0.2) is 11.5 Å². The lowest BCUT2D eigenvalue weighted by Crippen LogP contribution is -2.03. The van der Waals surface area contributed by atoms with Crippen molar-refractivity contribution in [1.82, 2.24) is 9.55 Å². The van der Waals surface area contributed by atoms with Crippen LogP contribution in [0.2, 0.25) is 0 Å². The first kappa shape index (κ1) is 30.6. The van der Waals surface area contributed by atoms with E-state index in [1.165, 1.54) is 7.11 Å². The van der Waals surface area contributed by atoms with Gasteiger partial charge in [0.2, 0.25) is 5.89 Å². The van der Waals surface area contributed by atoms with Gasteiger partial charge in [-0.2, -0.15) is 0 Å². The molecule has 5 aromatic carbocycles. The van der Waals surface area contributed by atoms with Crippen LogP contribution in [0.4, 0.5) is 0 Å². The van der Waals surface area contributed by atoms with Gasteiger partial charge < -0.3 is 27.9 Å². The molecule has 0 aliphatic rings. The van der Waals surface area contributed by atoms with Crippen LogP contribution in [0.15, 0.2) is 120 Å². The van der Waals surface area contributed by atoms with Crippen LogP contribution in [-0.2, 0) is 24.5 Å². The minimum absolute atomic E-state index is 0.253. The van der Waals surface area contributed by atoms with Gasteiger partial charge >= 0.3 is 5.97 Å². The summed E-state index contributed by atoms with van der Waals surface area (Å²) in [5, 5.41) is 2.15. The van der Waals surface area contributed by atoms with Gasteiger partial charge in [-0.15, -0.1) is 0 Å². The maximum absolute atomic E-state index is 11.8. The number of aryl methyl sites for hydroxylation is 1. The minimum atomic E-state index is -0.362. The summed E-state index contributed by atoms with van der Waals surface area (Å²) in [5.41, 5.74) is 6.33. The van der Waals surface area contributed by atoms with E-state index in [9.17, 15) is 4.79 Å². The third kappa shape index (κ3) is 6.08. The molecular weight excluding hydrogens is 604 g/mol. The molecule has 2 heterocycles. The molecule has 0 spiro atoms. The molecule has 48 heavy (non-hydrogen) atoms. The molecular formula is C40H34N2O6. The van der Waals surface area contributed by atoms with Gasteiger partial charge in [0, 0.05) is 28.4 Å². The van der Waals surface area contributed by atoms with E-state index in [2.05, 4.69) is 33.8 Å². The summed E-state index contributed by atoms with van der Waals surface area (Å²) in [6.07, 6.45) is 0. The maximum atomic E-state index is 11.8. The molecule has 8 heteroatoms. The molecule has 0 amide bonds. The third-order valence-electron chi connectivity index (χ3n) is 8.38. The number of esters is 1. The Labute approximate surface area is 278 Å². The van der Waals surface area contributed by atoms with Crippen LogP contribution in [-0.4, -0.2) is 29.7 Å². The smallest absolute Gasteiger partial charge is 0.337 e. The minimum Gasteiger partial charge on any atom is -0.493 e. The van der Waals surface area contributed by atoms with Crippen LogP contribution in [0.25, 0.3) is 33.3 Å². The quantitative estimate of drug-likeness (QED) is 0.131. The number of rotatable bonds is 11. The molecule has 0 radical (unpaired) electrons. The Hall–Kier alpha value is -6.02. The van der Waals surface area contributed by atoms with Crippen molar-refractivity contribution in [3.05, 3.63) is 143 Å². The van der Waals surface area contributed by atoms with Crippen molar-refractivity contribution in [3.8, 4) is 28.7 Å². The maximum Gasteiger partial charge on any atom is 0.337 e. The number of carbonyl (C=O) groups excluding carboxylic acids is 1. The summed E-state index contributed by atoms with van der Waals surface area (Å²) in [4.78, 5) is 16.5. The first-order valence-corrected chi connectivity index (χ1v) is 15.6. The first-order chi connectivity index (χ1) is 23.5. The van der Waals surface area contributed by atoms with Crippen molar-refractivity contribution in [2.45, 2.75) is 26.7 Å². The standard InChI is InChI=1S/C40H34N2O6/c1-26-32(41-39(48-26)29-10-5-4-6-11-29)25-47-35-21-18-28(22-37(35)44-2)23-42-33-13-8-7-12-31(33)38-34(42)14-9-15-36(38)46-24-27-16-19-30(20-17-27)40(43)45-3/h4-22H,23-25H2,1-3H3. The number of hydrogen-bond acceptors (Lipinski definition) is 7. The fraction of sp³-hybridized carbons (Fsp3) is 0.150. The predicted octanol–water partition coefficient (Wildman–Crippen LogP) is 8.76. The van der Waals surface area contributed by atoms with Gasteiger partial charge in [-0.1, -0.05) is 60.7 Å². The molecule has 0 N–H and O–H groups in total. The Morgan fingerprint density at radius 1 is 0.729 bits per heavy atom. The second kappa shape index (κ2) is 13.4. The van der Waals surface area contributed by atoms with Gasteiger partial charge in [0.1, 0.15) is 30.4 Å². The summed E-state index contributed by atoms with van der Waals surface area (Å²) in [7, 11) is 3.02. The average Bonchev–Trinajstić information content (AvgIpc) is 3.67. The van der Waals surface area contributed by atoms with Gasteiger partial charge in [-0.05, 0) is 72.6 Å². The Balaban J connectivity index is 1.12. The van der Waals surface area contributed by atoms with Crippen LogP contribution >= 0.6 is 0 Å². The van der Waals surface area contributed by atoms with Crippen LogP contribution in [0, 0.1) is 6.92 Å². The fourth-order valence-electron chi connectivity index (χ4n) is 5.90. The molecule has 0 atom stereocenters. The van der Waals surface area contributed by atoms with E-state index >= 15 is 0 Å². The second-order valence-corrected chi connectivity index (χ2v) is 11.4. The SMILES string of the molecule is COC(=O)c1ccc(COc2cccc3c2c2ccccc2n3Cc2ccc(OCc3nc(-c4ccccc4)oc3C)c(OC)c2)cc1. The molecule has 240 valence electrons. The van der Waals surface area contributed by atoms with Crippen molar-refractivity contribution < 1.29 is 28.2 Å². The number of benzene rings is 5. The zero-order valence-electron chi connectivity index (χ0n) is 26.9.